The molecule has 0 radical (unpaired) electrons. The van der Waals surface area contributed by atoms with Crippen molar-refractivity contribution in [2.45, 2.75) is 12.5 Å². The van der Waals surface area contributed by atoms with Crippen LogP contribution >= 0.6 is 0 Å². The van der Waals surface area contributed by atoms with Crippen molar-refractivity contribution in [1.82, 2.24) is 19.8 Å². The first-order valence-corrected chi connectivity index (χ1v) is 11.4. The molecule has 2 aromatic carbocycles. The fraction of sp³-hybridized carbons (Fsp3) is 0.269. The van der Waals surface area contributed by atoms with Crippen molar-refractivity contribution in [3.05, 3.63) is 87.9 Å². The molecule has 35 heavy (non-hydrogen) atoms. The number of carboxylic acids is 1. The van der Waals surface area contributed by atoms with E-state index >= 15 is 0 Å². The molecule has 0 bridgehead atoms. The molecule has 0 spiro atoms. The molecule has 1 aliphatic rings. The van der Waals surface area contributed by atoms with Gasteiger partial charge in [-0.1, -0.05) is 12.1 Å². The van der Waals surface area contributed by atoms with Crippen molar-refractivity contribution in [3.63, 3.8) is 0 Å². The van der Waals surface area contributed by atoms with Crippen molar-refractivity contribution in [2.24, 2.45) is 0 Å². The Morgan fingerprint density at radius 3 is 2.54 bits per heavy atom. The molecule has 2 aromatic heterocycles. The molecule has 8 nitrogen and oxygen atoms in total. The Bertz CT molecular complexity index is 1420. The predicted octanol–water partition coefficient (Wildman–Crippen LogP) is 3.29. The zero-order valence-electron chi connectivity index (χ0n) is 19.2. The van der Waals surface area contributed by atoms with E-state index in [4.69, 9.17) is 4.42 Å². The minimum absolute atomic E-state index is 0.121. The fourth-order valence-electron chi connectivity index (χ4n) is 4.70. The number of fused-ring (bicyclic) bond motifs is 1. The van der Waals surface area contributed by atoms with Crippen LogP contribution in [0.5, 0.6) is 0 Å². The summed E-state index contributed by atoms with van der Waals surface area (Å²) in [5.41, 5.74) is 4.50. The van der Waals surface area contributed by atoms with E-state index in [1.165, 1.54) is 12.1 Å². The van der Waals surface area contributed by atoms with E-state index in [1.807, 2.05) is 12.3 Å². The Morgan fingerprint density at radius 1 is 1.09 bits per heavy atom. The van der Waals surface area contributed by atoms with Crippen LogP contribution in [0.2, 0.25) is 0 Å². The summed E-state index contributed by atoms with van der Waals surface area (Å²) < 4.78 is 18.9. The number of likely N-dealkylation sites (N-methyl/N-ethyl adjacent to an activating group) is 1. The number of piperazine rings is 1. The van der Waals surface area contributed by atoms with Crippen LogP contribution in [-0.2, 0) is 11.2 Å². The van der Waals surface area contributed by atoms with Gasteiger partial charge in [-0.25, -0.2) is 9.18 Å². The van der Waals surface area contributed by atoms with Crippen molar-refractivity contribution in [2.75, 3.05) is 33.2 Å². The lowest BCUT2D eigenvalue weighted by Crippen LogP contribution is -2.46. The molecule has 5 rings (SSSR count). The minimum Gasteiger partial charge on any atom is -0.481 e. The number of halogens is 1. The number of aliphatic carboxylic acids is 1. The van der Waals surface area contributed by atoms with Crippen LogP contribution in [0, 0.1) is 5.82 Å². The molecule has 0 amide bonds. The second kappa shape index (κ2) is 9.44. The van der Waals surface area contributed by atoms with E-state index < -0.39 is 11.7 Å². The van der Waals surface area contributed by atoms with Crippen LogP contribution < -0.4 is 5.76 Å². The number of carboxylic acid groups (broad SMARTS) is 1. The summed E-state index contributed by atoms with van der Waals surface area (Å²) in [6.07, 6.45) is 3.25. The van der Waals surface area contributed by atoms with Gasteiger partial charge < -0.3 is 14.4 Å². The zero-order chi connectivity index (χ0) is 24.5. The summed E-state index contributed by atoms with van der Waals surface area (Å²) in [4.78, 5) is 34.9. The number of pyridine rings is 1. The summed E-state index contributed by atoms with van der Waals surface area (Å²) in [7, 11) is 2.09. The van der Waals surface area contributed by atoms with Gasteiger partial charge in [0, 0.05) is 44.1 Å². The van der Waals surface area contributed by atoms with E-state index in [9.17, 15) is 19.1 Å². The molecule has 3 heterocycles. The summed E-state index contributed by atoms with van der Waals surface area (Å²) >= 11 is 0. The highest BCUT2D eigenvalue weighted by molar-refractivity contribution is 5.86. The average molecular weight is 477 g/mol. The summed E-state index contributed by atoms with van der Waals surface area (Å²) in [5, 5.41) is 9.35. The fourth-order valence-corrected chi connectivity index (χ4v) is 4.70. The van der Waals surface area contributed by atoms with Gasteiger partial charge in [-0.2, -0.15) is 0 Å². The molecule has 4 aromatic rings. The number of oxazole rings is 1. The van der Waals surface area contributed by atoms with Crippen LogP contribution in [0.4, 0.5) is 4.39 Å². The van der Waals surface area contributed by atoms with Crippen molar-refractivity contribution < 1.29 is 18.7 Å². The molecule has 2 N–H and O–H groups in total. The number of rotatable bonds is 6. The largest absolute Gasteiger partial charge is 0.481 e. The lowest BCUT2D eigenvalue weighted by Gasteiger charge is -2.38. The SMILES string of the molecule is CN1CCN(C(c2ccc(F)cc2)c2cncc(-c3cc(CC(=O)O)c4[nH]c(=O)oc4c3)c2)CC1. The smallest absolute Gasteiger partial charge is 0.417 e. The number of carbonyl (C=O) groups is 1. The third-order valence-electron chi connectivity index (χ3n) is 6.45. The van der Waals surface area contributed by atoms with Gasteiger partial charge >= 0.3 is 11.7 Å². The quantitative estimate of drug-likeness (QED) is 0.440. The minimum atomic E-state index is -1.01. The highest BCUT2D eigenvalue weighted by Gasteiger charge is 2.26. The maximum absolute atomic E-state index is 13.7. The molecular formula is C26H25FN4O4. The van der Waals surface area contributed by atoms with Gasteiger partial charge in [-0.05, 0) is 59.6 Å². The zero-order valence-corrected chi connectivity index (χ0v) is 19.2. The lowest BCUT2D eigenvalue weighted by molar-refractivity contribution is -0.136. The highest BCUT2D eigenvalue weighted by atomic mass is 19.1. The van der Waals surface area contributed by atoms with Crippen LogP contribution in [-0.4, -0.2) is 64.1 Å². The number of hydrogen-bond acceptors (Lipinski definition) is 6. The monoisotopic (exact) mass is 476 g/mol. The van der Waals surface area contributed by atoms with Gasteiger partial charge in [0.2, 0.25) is 0 Å². The number of nitrogens with zero attached hydrogens (tertiary/aromatic N) is 3. The van der Waals surface area contributed by atoms with Gasteiger partial charge in [0.15, 0.2) is 5.58 Å². The van der Waals surface area contributed by atoms with Gasteiger partial charge in [0.1, 0.15) is 5.82 Å². The van der Waals surface area contributed by atoms with Gasteiger partial charge in [-0.15, -0.1) is 0 Å². The number of H-pyrrole nitrogens is 1. The lowest BCUT2D eigenvalue weighted by atomic mass is 9.94. The second-order valence-electron chi connectivity index (χ2n) is 8.89. The summed E-state index contributed by atoms with van der Waals surface area (Å²) in [6.45, 7) is 3.55. The molecule has 1 atom stereocenters. The summed E-state index contributed by atoms with van der Waals surface area (Å²) in [5.74, 6) is -1.93. The summed E-state index contributed by atoms with van der Waals surface area (Å²) in [6, 6.07) is 11.9. The van der Waals surface area contributed by atoms with Crippen LogP contribution in [0.1, 0.15) is 22.7 Å². The molecule has 1 fully saturated rings. The maximum Gasteiger partial charge on any atom is 0.417 e. The Hall–Kier alpha value is -3.82. The molecule has 0 saturated carbocycles. The average Bonchev–Trinajstić information content (AvgIpc) is 3.22. The van der Waals surface area contributed by atoms with Gasteiger partial charge in [-0.3, -0.25) is 19.7 Å². The predicted molar refractivity (Wildman–Crippen MR) is 129 cm³/mol. The van der Waals surface area contributed by atoms with Crippen molar-refractivity contribution >= 4 is 17.1 Å². The molecule has 1 aliphatic heterocycles. The first-order valence-electron chi connectivity index (χ1n) is 11.4. The van der Waals surface area contributed by atoms with Crippen molar-refractivity contribution in [3.8, 4) is 11.1 Å². The van der Waals surface area contributed by atoms with E-state index in [0.29, 0.717) is 22.2 Å². The van der Waals surface area contributed by atoms with Gasteiger partial charge in [0.05, 0.1) is 18.0 Å². The van der Waals surface area contributed by atoms with Gasteiger partial charge in [0.25, 0.3) is 0 Å². The van der Waals surface area contributed by atoms with Crippen LogP contribution in [0.15, 0.2) is 64.1 Å². The molecule has 180 valence electrons. The second-order valence-corrected chi connectivity index (χ2v) is 8.89. The molecule has 0 aliphatic carbocycles. The maximum atomic E-state index is 13.7. The van der Waals surface area contributed by atoms with Crippen molar-refractivity contribution in [1.29, 1.82) is 0 Å². The number of aromatic amines is 1. The van der Waals surface area contributed by atoms with Crippen LogP contribution in [0.3, 0.4) is 0 Å². The third kappa shape index (κ3) is 4.87. The standard InChI is InChI=1S/C26H25FN4O4/c1-30-6-8-31(9-7-30)25(16-2-4-21(27)5-3-16)20-11-19(14-28-15-20)17-10-18(13-23(32)33)24-22(12-17)35-26(34)29-24/h2-5,10-12,14-15,25H,6-9,13H2,1H3,(H,29,34)(H,32,33). The number of aromatic nitrogens is 2. The molecular weight excluding hydrogens is 451 g/mol. The number of benzene rings is 2. The third-order valence-corrected chi connectivity index (χ3v) is 6.45. The Kier molecular flexibility index (Phi) is 6.19. The van der Waals surface area contributed by atoms with E-state index in [2.05, 4.69) is 26.8 Å². The Morgan fingerprint density at radius 2 is 1.83 bits per heavy atom. The van der Waals surface area contributed by atoms with Crippen LogP contribution in [0.25, 0.3) is 22.2 Å². The van der Waals surface area contributed by atoms with E-state index in [0.717, 1.165) is 42.9 Å². The Balaban J connectivity index is 1.59. The molecule has 9 heteroatoms. The van der Waals surface area contributed by atoms with E-state index in [1.54, 1.807) is 30.5 Å². The number of nitrogens with one attached hydrogen (secondary N) is 1. The number of hydrogen-bond donors (Lipinski definition) is 2. The first kappa shape index (κ1) is 22.9. The highest BCUT2D eigenvalue weighted by Crippen LogP contribution is 2.33. The molecule has 1 saturated heterocycles. The van der Waals surface area contributed by atoms with E-state index in [-0.39, 0.29) is 18.3 Å². The normalized spacial score (nSPS) is 15.9. The first-order chi connectivity index (χ1) is 16.9. The topological polar surface area (TPSA) is 103 Å². The molecule has 1 unspecified atom stereocenters. The Labute approximate surface area is 200 Å².